The normalized spacial score (nSPS) is 12.5. The number of Topliss-reactive ketones (excluding diaryl/α,β-unsaturated/α-hetero) is 1. The Morgan fingerprint density at radius 2 is 2.00 bits per heavy atom. The van der Waals surface area contributed by atoms with Crippen LogP contribution in [0.4, 0.5) is 0 Å². The predicted octanol–water partition coefficient (Wildman–Crippen LogP) is 1.49. The summed E-state index contributed by atoms with van der Waals surface area (Å²) in [6.07, 6.45) is 0. The molecule has 3 heteroatoms. The van der Waals surface area contributed by atoms with Gasteiger partial charge in [0.2, 0.25) is 5.78 Å². The van der Waals surface area contributed by atoms with E-state index < -0.39 is 0 Å². The zero-order chi connectivity index (χ0) is 10.6. The van der Waals surface area contributed by atoms with Crippen LogP contribution in [0.25, 0.3) is 0 Å². The van der Waals surface area contributed by atoms with Crippen LogP contribution in [0.1, 0.15) is 24.2 Å². The van der Waals surface area contributed by atoms with Crippen molar-refractivity contribution < 1.29 is 10.1 Å². The second-order valence-electron chi connectivity index (χ2n) is 3.30. The van der Waals surface area contributed by atoms with Crippen LogP contribution in [0, 0.1) is 0 Å². The number of likely N-dealkylation sites (N-methyl/N-ethyl adjacent to an activating group) is 1. The first-order chi connectivity index (χ1) is 6.65. The van der Waals surface area contributed by atoms with Crippen LogP contribution in [-0.4, -0.2) is 18.4 Å². The van der Waals surface area contributed by atoms with E-state index in [9.17, 15) is 4.79 Å². The predicted molar refractivity (Wildman–Crippen MR) is 57.7 cm³/mol. The SMILES string of the molecule is CC[NH2+]C(C)C(=O)c1ccc(Cl)cc1. The van der Waals surface area contributed by atoms with Crippen LogP contribution in [-0.2, 0) is 0 Å². The summed E-state index contributed by atoms with van der Waals surface area (Å²) >= 11 is 5.74. The number of hydrogen-bond acceptors (Lipinski definition) is 1. The number of benzene rings is 1. The first kappa shape index (κ1) is 11.2. The van der Waals surface area contributed by atoms with Crippen LogP contribution in [0.3, 0.4) is 0 Å². The molecule has 1 aromatic rings. The van der Waals surface area contributed by atoms with Gasteiger partial charge in [-0.25, -0.2) is 0 Å². The monoisotopic (exact) mass is 212 g/mol. The van der Waals surface area contributed by atoms with Crippen molar-refractivity contribution in [1.29, 1.82) is 0 Å². The van der Waals surface area contributed by atoms with Crippen LogP contribution >= 0.6 is 11.6 Å². The number of rotatable bonds is 4. The summed E-state index contributed by atoms with van der Waals surface area (Å²) in [7, 11) is 0. The van der Waals surface area contributed by atoms with Gasteiger partial charge in [-0.1, -0.05) is 11.6 Å². The molecule has 0 heterocycles. The van der Waals surface area contributed by atoms with Gasteiger partial charge in [0.1, 0.15) is 6.04 Å². The van der Waals surface area contributed by atoms with Crippen molar-refractivity contribution in [3.05, 3.63) is 34.9 Å². The minimum atomic E-state index is -0.0128. The zero-order valence-corrected chi connectivity index (χ0v) is 9.21. The summed E-state index contributed by atoms with van der Waals surface area (Å²) < 4.78 is 0. The molecule has 0 aliphatic heterocycles. The van der Waals surface area contributed by atoms with E-state index in [1.54, 1.807) is 24.3 Å². The molecule has 0 aliphatic rings. The minimum absolute atomic E-state index is 0.0128. The fourth-order valence-electron chi connectivity index (χ4n) is 1.34. The van der Waals surface area contributed by atoms with Gasteiger partial charge in [0.25, 0.3) is 0 Å². The lowest BCUT2D eigenvalue weighted by Crippen LogP contribution is -2.90. The Hall–Kier alpha value is -0.860. The van der Waals surface area contributed by atoms with E-state index in [4.69, 9.17) is 11.6 Å². The lowest BCUT2D eigenvalue weighted by Gasteiger charge is -2.07. The maximum absolute atomic E-state index is 11.8. The molecule has 1 unspecified atom stereocenters. The van der Waals surface area contributed by atoms with E-state index in [1.807, 2.05) is 19.2 Å². The molecule has 1 rings (SSSR count). The van der Waals surface area contributed by atoms with Crippen molar-refractivity contribution in [3.8, 4) is 0 Å². The third kappa shape index (κ3) is 2.82. The molecule has 0 radical (unpaired) electrons. The van der Waals surface area contributed by atoms with Gasteiger partial charge in [0.15, 0.2) is 0 Å². The number of hydrogen-bond donors (Lipinski definition) is 1. The van der Waals surface area contributed by atoms with Gasteiger partial charge in [-0.15, -0.1) is 0 Å². The number of carbonyl (C=O) groups is 1. The van der Waals surface area contributed by atoms with E-state index in [-0.39, 0.29) is 11.8 Å². The average molecular weight is 213 g/mol. The van der Waals surface area contributed by atoms with E-state index in [0.717, 1.165) is 12.1 Å². The number of nitrogens with two attached hydrogens (primary N) is 1. The summed E-state index contributed by atoms with van der Waals surface area (Å²) in [5, 5.41) is 2.67. The molecule has 0 fully saturated rings. The Morgan fingerprint density at radius 3 is 2.50 bits per heavy atom. The van der Waals surface area contributed by atoms with Crippen molar-refractivity contribution in [1.82, 2.24) is 0 Å². The Morgan fingerprint density at radius 1 is 1.43 bits per heavy atom. The van der Waals surface area contributed by atoms with Gasteiger partial charge in [-0.2, -0.15) is 0 Å². The highest BCUT2D eigenvalue weighted by atomic mass is 35.5. The van der Waals surface area contributed by atoms with E-state index in [1.165, 1.54) is 0 Å². The average Bonchev–Trinajstić information content (AvgIpc) is 2.18. The number of quaternary nitrogens is 1. The zero-order valence-electron chi connectivity index (χ0n) is 8.46. The topological polar surface area (TPSA) is 33.7 Å². The highest BCUT2D eigenvalue weighted by molar-refractivity contribution is 6.30. The van der Waals surface area contributed by atoms with E-state index in [2.05, 4.69) is 0 Å². The Kier molecular flexibility index (Phi) is 4.11. The van der Waals surface area contributed by atoms with Crippen molar-refractivity contribution in [3.63, 3.8) is 0 Å². The number of carbonyl (C=O) groups excluding carboxylic acids is 1. The van der Waals surface area contributed by atoms with Crippen molar-refractivity contribution >= 4 is 17.4 Å². The Balaban J connectivity index is 2.74. The van der Waals surface area contributed by atoms with Crippen LogP contribution < -0.4 is 5.32 Å². The fourth-order valence-corrected chi connectivity index (χ4v) is 1.46. The van der Waals surface area contributed by atoms with E-state index >= 15 is 0 Å². The molecule has 0 aliphatic carbocycles. The molecule has 0 bridgehead atoms. The molecule has 2 nitrogen and oxygen atoms in total. The van der Waals surface area contributed by atoms with Crippen LogP contribution in [0.2, 0.25) is 5.02 Å². The summed E-state index contributed by atoms with van der Waals surface area (Å²) in [6.45, 7) is 4.87. The summed E-state index contributed by atoms with van der Waals surface area (Å²) in [4.78, 5) is 11.8. The molecule has 0 spiro atoms. The van der Waals surface area contributed by atoms with Crippen molar-refractivity contribution in [2.75, 3.05) is 6.54 Å². The summed E-state index contributed by atoms with van der Waals surface area (Å²) in [5.74, 6) is 0.156. The minimum Gasteiger partial charge on any atom is -0.338 e. The number of ketones is 1. The van der Waals surface area contributed by atoms with Crippen molar-refractivity contribution in [2.45, 2.75) is 19.9 Å². The third-order valence-electron chi connectivity index (χ3n) is 2.13. The first-order valence-corrected chi connectivity index (χ1v) is 5.16. The van der Waals surface area contributed by atoms with Gasteiger partial charge < -0.3 is 5.32 Å². The lowest BCUT2D eigenvalue weighted by atomic mass is 10.1. The second-order valence-corrected chi connectivity index (χ2v) is 3.74. The smallest absolute Gasteiger partial charge is 0.219 e. The van der Waals surface area contributed by atoms with Crippen LogP contribution in [0.15, 0.2) is 24.3 Å². The first-order valence-electron chi connectivity index (χ1n) is 4.78. The van der Waals surface area contributed by atoms with Gasteiger partial charge in [-0.05, 0) is 38.1 Å². The summed E-state index contributed by atoms with van der Waals surface area (Å²) in [5.41, 5.74) is 0.728. The van der Waals surface area contributed by atoms with Gasteiger partial charge >= 0.3 is 0 Å². The largest absolute Gasteiger partial charge is 0.338 e. The molecule has 1 aromatic carbocycles. The standard InChI is InChI=1S/C11H14ClNO/c1-3-13-8(2)11(14)9-4-6-10(12)7-5-9/h4-8,13H,3H2,1-2H3/p+1. The molecule has 0 aromatic heterocycles. The lowest BCUT2D eigenvalue weighted by molar-refractivity contribution is -0.669. The van der Waals surface area contributed by atoms with Crippen molar-refractivity contribution in [2.24, 2.45) is 0 Å². The Bertz CT molecular complexity index is 308. The van der Waals surface area contributed by atoms with Gasteiger partial charge in [0.05, 0.1) is 6.54 Å². The molecular weight excluding hydrogens is 198 g/mol. The molecule has 76 valence electrons. The Labute approximate surface area is 89.3 Å². The van der Waals surface area contributed by atoms with Gasteiger partial charge in [-0.3, -0.25) is 4.79 Å². The molecule has 1 atom stereocenters. The van der Waals surface area contributed by atoms with Gasteiger partial charge in [0, 0.05) is 10.6 Å². The van der Waals surface area contributed by atoms with E-state index in [0.29, 0.717) is 5.02 Å². The molecular formula is C11H15ClNO+. The maximum atomic E-state index is 11.8. The molecule has 2 N–H and O–H groups in total. The quantitative estimate of drug-likeness (QED) is 0.754. The molecule has 0 saturated carbocycles. The fraction of sp³-hybridized carbons (Fsp3) is 0.364. The summed E-state index contributed by atoms with van der Waals surface area (Å²) in [6, 6.07) is 7.01. The second kappa shape index (κ2) is 5.13. The molecule has 0 amide bonds. The maximum Gasteiger partial charge on any atom is 0.219 e. The molecule has 14 heavy (non-hydrogen) atoms. The number of halogens is 1. The van der Waals surface area contributed by atoms with Crippen LogP contribution in [0.5, 0.6) is 0 Å². The molecule has 0 saturated heterocycles. The highest BCUT2D eigenvalue weighted by Gasteiger charge is 2.16. The highest BCUT2D eigenvalue weighted by Crippen LogP contribution is 2.10. The third-order valence-corrected chi connectivity index (χ3v) is 2.38.